The van der Waals surface area contributed by atoms with Crippen molar-refractivity contribution in [2.75, 3.05) is 5.32 Å². The number of rotatable bonds is 2. The minimum atomic E-state index is -0.535. The van der Waals surface area contributed by atoms with Crippen LogP contribution in [0.15, 0.2) is 18.3 Å². The maximum Gasteiger partial charge on any atom is 0.241 e. The molecule has 1 amide bonds. The molecule has 0 aliphatic carbocycles. The van der Waals surface area contributed by atoms with Gasteiger partial charge >= 0.3 is 0 Å². The highest BCUT2D eigenvalue weighted by Gasteiger charge is 2.27. The average molecular weight is 221 g/mol. The molecule has 3 N–H and O–H groups in total. The summed E-state index contributed by atoms with van der Waals surface area (Å²) in [7, 11) is 0. The van der Waals surface area contributed by atoms with E-state index >= 15 is 0 Å². The van der Waals surface area contributed by atoms with Gasteiger partial charge in [-0.05, 0) is 24.5 Å². The second kappa shape index (κ2) is 4.61. The van der Waals surface area contributed by atoms with Gasteiger partial charge in [0.1, 0.15) is 0 Å². The summed E-state index contributed by atoms with van der Waals surface area (Å²) in [6, 6.07) is 3.06. The van der Waals surface area contributed by atoms with E-state index in [0.717, 1.165) is 5.69 Å². The molecular formula is C12H19N3O. The van der Waals surface area contributed by atoms with E-state index in [1.54, 1.807) is 12.3 Å². The number of anilines is 1. The zero-order chi connectivity index (χ0) is 12.3. The lowest BCUT2D eigenvalue weighted by Crippen LogP contribution is -2.45. The molecule has 1 atom stereocenters. The van der Waals surface area contributed by atoms with Crippen LogP contribution in [0.25, 0.3) is 0 Å². The number of hydrogen-bond acceptors (Lipinski definition) is 3. The fourth-order valence-electron chi connectivity index (χ4n) is 1.22. The van der Waals surface area contributed by atoms with Crippen molar-refractivity contribution in [1.29, 1.82) is 0 Å². The number of hydrogen-bond donors (Lipinski definition) is 2. The van der Waals surface area contributed by atoms with Gasteiger partial charge in [-0.1, -0.05) is 20.8 Å². The molecule has 1 heterocycles. The highest BCUT2D eigenvalue weighted by atomic mass is 16.2. The Morgan fingerprint density at radius 3 is 2.62 bits per heavy atom. The lowest BCUT2D eigenvalue weighted by atomic mass is 9.87. The fraction of sp³-hybridized carbons (Fsp3) is 0.500. The van der Waals surface area contributed by atoms with E-state index in [-0.39, 0.29) is 11.3 Å². The van der Waals surface area contributed by atoms with Crippen molar-refractivity contribution in [2.45, 2.75) is 33.7 Å². The zero-order valence-electron chi connectivity index (χ0n) is 10.2. The normalized spacial score (nSPS) is 13.3. The Morgan fingerprint density at radius 2 is 2.12 bits per heavy atom. The first kappa shape index (κ1) is 12.6. The summed E-state index contributed by atoms with van der Waals surface area (Å²) >= 11 is 0. The molecule has 1 aromatic rings. The van der Waals surface area contributed by atoms with Crippen LogP contribution in [-0.2, 0) is 4.79 Å². The summed E-state index contributed by atoms with van der Waals surface area (Å²) in [5.74, 6) is -0.177. The first-order chi connectivity index (χ1) is 7.32. The molecule has 88 valence electrons. The number of aryl methyl sites for hydroxylation is 1. The number of nitrogens with one attached hydrogen (secondary N) is 1. The van der Waals surface area contributed by atoms with E-state index < -0.39 is 6.04 Å². The van der Waals surface area contributed by atoms with Crippen molar-refractivity contribution in [1.82, 2.24) is 4.98 Å². The number of pyridine rings is 1. The maximum absolute atomic E-state index is 11.8. The lowest BCUT2D eigenvalue weighted by Gasteiger charge is -2.25. The summed E-state index contributed by atoms with van der Waals surface area (Å²) in [5, 5.41) is 2.79. The molecule has 0 unspecified atom stereocenters. The van der Waals surface area contributed by atoms with Crippen LogP contribution in [0.5, 0.6) is 0 Å². The Hall–Kier alpha value is -1.42. The lowest BCUT2D eigenvalue weighted by molar-refractivity contribution is -0.119. The fourth-order valence-corrected chi connectivity index (χ4v) is 1.22. The second-order valence-electron chi connectivity index (χ2n) is 4.97. The van der Waals surface area contributed by atoms with Crippen LogP contribution in [0.4, 0.5) is 5.69 Å². The van der Waals surface area contributed by atoms with Crippen molar-refractivity contribution >= 4 is 11.6 Å². The van der Waals surface area contributed by atoms with Gasteiger partial charge in [0.25, 0.3) is 0 Å². The van der Waals surface area contributed by atoms with E-state index in [4.69, 9.17) is 5.73 Å². The molecule has 0 saturated heterocycles. The molecule has 1 aromatic heterocycles. The van der Waals surface area contributed by atoms with Gasteiger partial charge in [-0.15, -0.1) is 0 Å². The minimum Gasteiger partial charge on any atom is -0.323 e. The zero-order valence-corrected chi connectivity index (χ0v) is 10.2. The standard InChI is InChI=1S/C12H19N3O/c1-8-9(6-5-7-14-8)15-11(16)10(13)12(2,3)4/h5-7,10H,13H2,1-4H3,(H,15,16)/t10-/m1/s1. The number of nitrogens with two attached hydrogens (primary N) is 1. The van der Waals surface area contributed by atoms with Crippen LogP contribution < -0.4 is 11.1 Å². The summed E-state index contributed by atoms with van der Waals surface area (Å²) in [6.45, 7) is 7.66. The van der Waals surface area contributed by atoms with Crippen molar-refractivity contribution < 1.29 is 4.79 Å². The number of carbonyl (C=O) groups excluding carboxylic acids is 1. The molecule has 16 heavy (non-hydrogen) atoms. The SMILES string of the molecule is Cc1ncccc1NC(=O)[C@@H](N)C(C)(C)C. The van der Waals surface area contributed by atoms with Crippen LogP contribution in [0.3, 0.4) is 0 Å². The first-order valence-corrected chi connectivity index (χ1v) is 5.30. The van der Waals surface area contributed by atoms with Gasteiger partial charge in [-0.25, -0.2) is 0 Å². The highest BCUT2D eigenvalue weighted by Crippen LogP contribution is 2.19. The van der Waals surface area contributed by atoms with Crippen LogP contribution in [0, 0.1) is 12.3 Å². The Labute approximate surface area is 96.3 Å². The summed E-state index contributed by atoms with van der Waals surface area (Å²) < 4.78 is 0. The predicted molar refractivity (Wildman–Crippen MR) is 65.0 cm³/mol. The molecule has 0 bridgehead atoms. The Morgan fingerprint density at radius 1 is 1.50 bits per heavy atom. The van der Waals surface area contributed by atoms with E-state index in [9.17, 15) is 4.79 Å². The predicted octanol–water partition coefficient (Wildman–Crippen LogP) is 1.70. The third-order valence-electron chi connectivity index (χ3n) is 2.48. The van der Waals surface area contributed by atoms with Crippen LogP contribution in [-0.4, -0.2) is 16.9 Å². The van der Waals surface area contributed by atoms with Crippen molar-refractivity contribution in [3.63, 3.8) is 0 Å². The molecule has 0 aliphatic rings. The van der Waals surface area contributed by atoms with E-state index in [0.29, 0.717) is 5.69 Å². The van der Waals surface area contributed by atoms with Gasteiger partial charge in [0.05, 0.1) is 17.4 Å². The summed E-state index contributed by atoms with van der Waals surface area (Å²) in [6.07, 6.45) is 1.69. The first-order valence-electron chi connectivity index (χ1n) is 5.30. The molecule has 0 fully saturated rings. The summed E-state index contributed by atoms with van der Waals surface area (Å²) in [5.41, 5.74) is 7.11. The van der Waals surface area contributed by atoms with Gasteiger partial charge in [0, 0.05) is 6.20 Å². The number of carbonyl (C=O) groups is 1. The molecule has 0 aromatic carbocycles. The highest BCUT2D eigenvalue weighted by molar-refractivity contribution is 5.95. The van der Waals surface area contributed by atoms with Crippen LogP contribution >= 0.6 is 0 Å². The molecule has 0 spiro atoms. The Kier molecular flexibility index (Phi) is 3.65. The van der Waals surface area contributed by atoms with Crippen LogP contribution in [0.2, 0.25) is 0 Å². The quantitative estimate of drug-likeness (QED) is 0.798. The van der Waals surface area contributed by atoms with Gasteiger partial charge < -0.3 is 11.1 Å². The van der Waals surface area contributed by atoms with Gasteiger partial charge in [0.15, 0.2) is 0 Å². The molecule has 0 saturated carbocycles. The smallest absolute Gasteiger partial charge is 0.241 e. The largest absolute Gasteiger partial charge is 0.323 e. The molecular weight excluding hydrogens is 202 g/mol. The number of amides is 1. The molecule has 1 rings (SSSR count). The molecule has 0 aliphatic heterocycles. The third kappa shape index (κ3) is 3.03. The van der Waals surface area contributed by atoms with E-state index in [1.165, 1.54) is 0 Å². The number of aromatic nitrogens is 1. The molecule has 0 radical (unpaired) electrons. The average Bonchev–Trinajstić information content (AvgIpc) is 2.19. The Bertz CT molecular complexity index is 382. The topological polar surface area (TPSA) is 68.0 Å². The van der Waals surface area contributed by atoms with E-state index in [2.05, 4.69) is 10.3 Å². The molecule has 4 heteroatoms. The van der Waals surface area contributed by atoms with Gasteiger partial charge in [-0.2, -0.15) is 0 Å². The molecule has 4 nitrogen and oxygen atoms in total. The summed E-state index contributed by atoms with van der Waals surface area (Å²) in [4.78, 5) is 15.9. The second-order valence-corrected chi connectivity index (χ2v) is 4.97. The van der Waals surface area contributed by atoms with Gasteiger partial charge in [0.2, 0.25) is 5.91 Å². The van der Waals surface area contributed by atoms with Crippen molar-refractivity contribution in [3.05, 3.63) is 24.0 Å². The van der Waals surface area contributed by atoms with Gasteiger partial charge in [-0.3, -0.25) is 9.78 Å². The number of nitrogens with zero attached hydrogens (tertiary/aromatic N) is 1. The monoisotopic (exact) mass is 221 g/mol. The van der Waals surface area contributed by atoms with Crippen molar-refractivity contribution in [2.24, 2.45) is 11.1 Å². The van der Waals surface area contributed by atoms with E-state index in [1.807, 2.05) is 33.8 Å². The van der Waals surface area contributed by atoms with Crippen molar-refractivity contribution in [3.8, 4) is 0 Å². The minimum absolute atomic E-state index is 0.177. The maximum atomic E-state index is 11.8. The van der Waals surface area contributed by atoms with Crippen LogP contribution in [0.1, 0.15) is 26.5 Å². The Balaban J connectivity index is 2.76. The third-order valence-corrected chi connectivity index (χ3v) is 2.48.